The minimum absolute atomic E-state index is 0.509. The van der Waals surface area contributed by atoms with Crippen LogP contribution in [0.5, 0.6) is 0 Å². The van der Waals surface area contributed by atoms with Crippen LogP contribution >= 0.6 is 0 Å². The molecular formula is C32H58. The molecule has 0 saturated heterocycles. The van der Waals surface area contributed by atoms with Crippen molar-refractivity contribution >= 4 is 0 Å². The normalized spacial score (nSPS) is 42.7. The molecule has 0 heteroatoms. The fourth-order valence-corrected chi connectivity index (χ4v) is 9.45. The van der Waals surface area contributed by atoms with Gasteiger partial charge in [-0.3, -0.25) is 0 Å². The van der Waals surface area contributed by atoms with Crippen LogP contribution in [0.3, 0.4) is 0 Å². The van der Waals surface area contributed by atoms with Crippen LogP contribution in [0, 0.1) is 64.1 Å². The van der Waals surface area contributed by atoms with Crippen LogP contribution in [0.1, 0.15) is 138 Å². The molecule has 32 heavy (non-hydrogen) atoms. The van der Waals surface area contributed by atoms with Crippen molar-refractivity contribution in [3.63, 3.8) is 0 Å². The van der Waals surface area contributed by atoms with E-state index in [2.05, 4.69) is 48.5 Å². The van der Waals surface area contributed by atoms with Crippen molar-refractivity contribution in [2.75, 3.05) is 0 Å². The molecule has 0 nitrogen and oxygen atoms in total. The zero-order valence-electron chi connectivity index (χ0n) is 23.1. The minimum atomic E-state index is 0.509. The van der Waals surface area contributed by atoms with Crippen molar-refractivity contribution in [1.82, 2.24) is 0 Å². The fourth-order valence-electron chi connectivity index (χ4n) is 9.45. The zero-order valence-corrected chi connectivity index (χ0v) is 23.1. The molecule has 4 aliphatic rings. The summed E-state index contributed by atoms with van der Waals surface area (Å²) in [6, 6.07) is 0. The average Bonchev–Trinajstić information content (AvgIpc) is 3.30. The molecule has 0 heterocycles. The second kappa shape index (κ2) is 9.93. The highest BCUT2D eigenvalue weighted by atomic mass is 14.6. The highest BCUT2D eigenvalue weighted by Crippen LogP contribution is 2.63. The summed E-state index contributed by atoms with van der Waals surface area (Å²) in [6.45, 7) is 17.5. The summed E-state index contributed by atoms with van der Waals surface area (Å²) in [5.41, 5.74) is 1.02. The number of hydrogen-bond acceptors (Lipinski definition) is 0. The summed E-state index contributed by atoms with van der Waals surface area (Å²) in [5, 5.41) is 0. The molecule has 0 aliphatic heterocycles. The van der Waals surface area contributed by atoms with Crippen LogP contribution in [-0.2, 0) is 0 Å². The van der Waals surface area contributed by atoms with Gasteiger partial charge < -0.3 is 0 Å². The van der Waals surface area contributed by atoms with Crippen LogP contribution in [0.15, 0.2) is 0 Å². The highest BCUT2D eigenvalue weighted by molar-refractivity contribution is 5.04. The molecule has 0 amide bonds. The van der Waals surface area contributed by atoms with Crippen molar-refractivity contribution in [1.29, 1.82) is 0 Å². The van der Waals surface area contributed by atoms with Gasteiger partial charge in [-0.05, 0) is 115 Å². The van der Waals surface area contributed by atoms with E-state index in [4.69, 9.17) is 0 Å². The van der Waals surface area contributed by atoms with Crippen LogP contribution < -0.4 is 0 Å². The molecule has 0 aromatic heterocycles. The maximum Gasteiger partial charge on any atom is -0.0349 e. The predicted molar refractivity (Wildman–Crippen MR) is 141 cm³/mol. The molecule has 0 N–H and O–H groups in total. The first-order valence-electron chi connectivity index (χ1n) is 15.1. The Kier molecular flexibility index (Phi) is 7.79. The van der Waals surface area contributed by atoms with Gasteiger partial charge in [-0.2, -0.15) is 0 Å². The van der Waals surface area contributed by atoms with Crippen molar-refractivity contribution in [3.05, 3.63) is 0 Å². The predicted octanol–water partition coefficient (Wildman–Crippen LogP) is 10.2. The Hall–Kier alpha value is 0. The van der Waals surface area contributed by atoms with Gasteiger partial charge in [0, 0.05) is 0 Å². The summed E-state index contributed by atoms with van der Waals surface area (Å²) in [4.78, 5) is 0. The van der Waals surface area contributed by atoms with E-state index in [0.29, 0.717) is 10.8 Å². The van der Waals surface area contributed by atoms with Gasteiger partial charge >= 0.3 is 0 Å². The second-order valence-corrected chi connectivity index (χ2v) is 15.3. The van der Waals surface area contributed by atoms with Crippen molar-refractivity contribution in [3.8, 4) is 0 Å². The van der Waals surface area contributed by atoms with Crippen LogP contribution in [0.4, 0.5) is 0 Å². The lowest BCUT2D eigenvalue weighted by Crippen LogP contribution is -2.33. The summed E-state index contributed by atoms with van der Waals surface area (Å²) in [6.07, 6.45) is 21.5. The summed E-state index contributed by atoms with van der Waals surface area (Å²) >= 11 is 0. The van der Waals surface area contributed by atoms with E-state index in [9.17, 15) is 0 Å². The van der Waals surface area contributed by atoms with Crippen molar-refractivity contribution in [2.45, 2.75) is 138 Å². The Balaban J connectivity index is 1.45. The maximum absolute atomic E-state index is 2.53. The molecule has 4 saturated carbocycles. The Morgan fingerprint density at radius 1 is 0.531 bits per heavy atom. The molecule has 4 fully saturated rings. The molecule has 0 radical (unpaired) electrons. The molecule has 0 aromatic rings. The van der Waals surface area contributed by atoms with E-state index in [-0.39, 0.29) is 0 Å². The first kappa shape index (κ1) is 25.1. The first-order chi connectivity index (χ1) is 15.1. The van der Waals surface area contributed by atoms with E-state index < -0.39 is 0 Å². The van der Waals surface area contributed by atoms with Gasteiger partial charge in [0.1, 0.15) is 0 Å². The SMILES string of the molecule is CCCCC1CCC(CCC2C3CC(C(C)(C)C)CCC3C3CCC(C(C)(C)C)CC32)C1. The van der Waals surface area contributed by atoms with Crippen LogP contribution in [0.25, 0.3) is 0 Å². The van der Waals surface area contributed by atoms with Crippen molar-refractivity contribution in [2.24, 2.45) is 64.1 Å². The second-order valence-electron chi connectivity index (χ2n) is 15.3. The van der Waals surface area contributed by atoms with E-state index in [1.807, 2.05) is 0 Å². The van der Waals surface area contributed by atoms with E-state index in [1.54, 1.807) is 57.8 Å². The molecule has 4 rings (SSSR count). The minimum Gasteiger partial charge on any atom is -0.0654 e. The number of unbranched alkanes of at least 4 members (excludes halogenated alkanes) is 1. The zero-order chi connectivity index (χ0) is 23.1. The first-order valence-corrected chi connectivity index (χ1v) is 15.1. The van der Waals surface area contributed by atoms with Crippen LogP contribution in [0.2, 0.25) is 0 Å². The lowest BCUT2D eigenvalue weighted by molar-refractivity contribution is 0.0722. The third kappa shape index (κ3) is 5.46. The summed E-state index contributed by atoms with van der Waals surface area (Å²) in [7, 11) is 0. The maximum atomic E-state index is 2.53. The van der Waals surface area contributed by atoms with E-state index in [0.717, 1.165) is 53.3 Å². The molecule has 0 aromatic carbocycles. The number of rotatable bonds is 6. The number of hydrogen-bond donors (Lipinski definition) is 0. The Morgan fingerprint density at radius 3 is 1.50 bits per heavy atom. The molecule has 8 unspecified atom stereocenters. The van der Waals surface area contributed by atoms with E-state index >= 15 is 0 Å². The third-order valence-corrected chi connectivity index (χ3v) is 11.5. The average molecular weight is 443 g/mol. The van der Waals surface area contributed by atoms with Gasteiger partial charge in [-0.1, -0.05) is 87.0 Å². The fraction of sp³-hybridized carbons (Fsp3) is 1.00. The van der Waals surface area contributed by atoms with E-state index in [1.165, 1.54) is 32.1 Å². The number of fused-ring (bicyclic) bond motifs is 3. The van der Waals surface area contributed by atoms with Crippen molar-refractivity contribution < 1.29 is 0 Å². The Morgan fingerprint density at radius 2 is 1.03 bits per heavy atom. The monoisotopic (exact) mass is 442 g/mol. The standard InChI is InChI=1S/C32H58/c1-8-9-10-22-11-12-23(19-22)13-16-28-29-20-24(31(2,3)4)14-17-26(29)27-18-15-25(21-30(27)28)32(5,6)7/h22-30H,8-21H2,1-7H3. The molecule has 8 atom stereocenters. The van der Waals surface area contributed by atoms with Gasteiger partial charge in [0.25, 0.3) is 0 Å². The Labute approximate surface area is 202 Å². The highest BCUT2D eigenvalue weighted by Gasteiger charge is 2.54. The molecule has 4 aliphatic carbocycles. The van der Waals surface area contributed by atoms with Crippen LogP contribution in [-0.4, -0.2) is 0 Å². The topological polar surface area (TPSA) is 0 Å². The Bertz CT molecular complexity index is 550. The largest absolute Gasteiger partial charge is 0.0654 e. The molecular weight excluding hydrogens is 384 g/mol. The quantitative estimate of drug-likeness (QED) is 0.384. The molecule has 0 spiro atoms. The van der Waals surface area contributed by atoms with Gasteiger partial charge in [0.05, 0.1) is 0 Å². The molecule has 0 bridgehead atoms. The lowest BCUT2D eigenvalue weighted by atomic mass is 9.62. The van der Waals surface area contributed by atoms with Gasteiger partial charge in [0.15, 0.2) is 0 Å². The molecule has 186 valence electrons. The summed E-state index contributed by atoms with van der Waals surface area (Å²) in [5.74, 6) is 9.45. The van der Waals surface area contributed by atoms with Gasteiger partial charge in [-0.15, -0.1) is 0 Å². The van der Waals surface area contributed by atoms with Gasteiger partial charge in [0.2, 0.25) is 0 Å². The smallest absolute Gasteiger partial charge is 0.0349 e. The third-order valence-electron chi connectivity index (χ3n) is 11.5. The summed E-state index contributed by atoms with van der Waals surface area (Å²) < 4.78 is 0. The lowest BCUT2D eigenvalue weighted by Gasteiger charge is -2.43. The van der Waals surface area contributed by atoms with Gasteiger partial charge in [-0.25, -0.2) is 0 Å².